The predicted octanol–water partition coefficient (Wildman–Crippen LogP) is 4.53. The Balaban J connectivity index is 1.40. The maximum absolute atomic E-state index is 13.7. The number of hydrogen-bond acceptors (Lipinski definition) is 6. The van der Waals surface area contributed by atoms with Gasteiger partial charge >= 0.3 is 0 Å². The highest BCUT2D eigenvalue weighted by Gasteiger charge is 2.28. The van der Waals surface area contributed by atoms with Crippen molar-refractivity contribution in [2.45, 2.75) is 50.7 Å². The van der Waals surface area contributed by atoms with Crippen molar-refractivity contribution in [3.63, 3.8) is 0 Å². The molecule has 8 heteroatoms. The first-order valence-electron chi connectivity index (χ1n) is 15.4. The van der Waals surface area contributed by atoms with Gasteiger partial charge in [-0.3, -0.25) is 9.59 Å². The number of rotatable bonds is 10. The molecule has 0 bridgehead atoms. The van der Waals surface area contributed by atoms with E-state index in [1.165, 1.54) is 7.11 Å². The first kappa shape index (κ1) is 30.7. The number of hydrogen-bond donors (Lipinski definition) is 2. The summed E-state index contributed by atoms with van der Waals surface area (Å²) in [5.41, 5.74) is 12.2. The smallest absolute Gasteiger partial charge is 0.250 e. The normalized spacial score (nSPS) is 19.2. The number of carbonyl (C=O) groups is 2. The molecule has 1 saturated carbocycles. The average molecular weight is 584 g/mol. The van der Waals surface area contributed by atoms with E-state index >= 15 is 0 Å². The van der Waals surface area contributed by atoms with Gasteiger partial charge in [-0.25, -0.2) is 0 Å². The summed E-state index contributed by atoms with van der Waals surface area (Å²) in [6.07, 6.45) is 4.13. The Labute approximate surface area is 255 Å². The molecule has 2 aliphatic rings. The van der Waals surface area contributed by atoms with Gasteiger partial charge in [0.15, 0.2) is 0 Å². The molecule has 0 atom stereocenters. The van der Waals surface area contributed by atoms with Crippen molar-refractivity contribution in [3.8, 4) is 11.1 Å². The zero-order chi connectivity index (χ0) is 30.2. The van der Waals surface area contributed by atoms with Crippen molar-refractivity contribution in [1.82, 2.24) is 9.80 Å². The fourth-order valence-electron chi connectivity index (χ4n) is 6.21. The Morgan fingerprint density at radius 1 is 0.884 bits per heavy atom. The van der Waals surface area contributed by atoms with Gasteiger partial charge in [-0.2, -0.15) is 0 Å². The second kappa shape index (κ2) is 14.6. The van der Waals surface area contributed by atoms with Gasteiger partial charge in [0, 0.05) is 51.9 Å². The first-order chi connectivity index (χ1) is 20.9. The number of methoxy groups -OCH3 is 1. The summed E-state index contributed by atoms with van der Waals surface area (Å²) < 4.78 is 5.08. The lowest BCUT2D eigenvalue weighted by Crippen LogP contribution is -2.44. The molecule has 0 spiro atoms. The summed E-state index contributed by atoms with van der Waals surface area (Å²) in [7, 11) is 3.66. The molecule has 0 aromatic heterocycles. The number of nitrogens with two attached hydrogens (primary N) is 1. The molecule has 1 saturated heterocycles. The highest BCUT2D eigenvalue weighted by molar-refractivity contribution is 5.96. The molecule has 2 amide bonds. The van der Waals surface area contributed by atoms with Gasteiger partial charge in [-0.15, -0.1) is 0 Å². The lowest BCUT2D eigenvalue weighted by Gasteiger charge is -2.36. The van der Waals surface area contributed by atoms with Crippen LogP contribution in [0.5, 0.6) is 0 Å². The highest BCUT2D eigenvalue weighted by atomic mass is 16.5. The first-order valence-corrected chi connectivity index (χ1v) is 15.4. The van der Waals surface area contributed by atoms with Crippen molar-refractivity contribution in [2.75, 3.05) is 57.2 Å². The van der Waals surface area contributed by atoms with Crippen LogP contribution in [0.25, 0.3) is 11.1 Å². The summed E-state index contributed by atoms with van der Waals surface area (Å²) in [5.74, 6) is -0.0275. The van der Waals surface area contributed by atoms with E-state index in [0.717, 1.165) is 85.5 Å². The zero-order valence-corrected chi connectivity index (χ0v) is 25.5. The summed E-state index contributed by atoms with van der Waals surface area (Å²) in [6.45, 7) is 4.30. The van der Waals surface area contributed by atoms with E-state index in [0.29, 0.717) is 13.0 Å². The van der Waals surface area contributed by atoms with E-state index in [1.807, 2.05) is 30.3 Å². The van der Waals surface area contributed by atoms with Crippen LogP contribution in [-0.4, -0.2) is 80.6 Å². The van der Waals surface area contributed by atoms with Crippen LogP contribution in [0.2, 0.25) is 0 Å². The molecular weight excluding hydrogens is 538 g/mol. The molecule has 228 valence electrons. The molecule has 8 nitrogen and oxygen atoms in total. The third-order valence-electron chi connectivity index (χ3n) is 8.70. The van der Waals surface area contributed by atoms with Crippen LogP contribution in [-0.2, 0) is 27.3 Å². The minimum absolute atomic E-state index is 0.000798. The van der Waals surface area contributed by atoms with Gasteiger partial charge in [0.2, 0.25) is 11.8 Å². The number of nitrogens with zero attached hydrogens (tertiary/aromatic N) is 3. The van der Waals surface area contributed by atoms with Crippen LogP contribution in [0.4, 0.5) is 11.4 Å². The lowest BCUT2D eigenvalue weighted by atomic mass is 9.90. The fourth-order valence-corrected chi connectivity index (χ4v) is 6.21. The van der Waals surface area contributed by atoms with Crippen molar-refractivity contribution >= 4 is 23.2 Å². The monoisotopic (exact) mass is 583 g/mol. The molecule has 5 rings (SSSR count). The average Bonchev–Trinajstić information content (AvgIpc) is 3.01. The Hall–Kier alpha value is -3.72. The molecule has 43 heavy (non-hydrogen) atoms. The molecular formula is C35H45N5O3. The van der Waals surface area contributed by atoms with Crippen LogP contribution < -0.4 is 16.0 Å². The highest BCUT2D eigenvalue weighted by Crippen LogP contribution is 2.33. The Kier molecular flexibility index (Phi) is 10.5. The van der Waals surface area contributed by atoms with Gasteiger partial charge in [0.1, 0.15) is 6.61 Å². The maximum Gasteiger partial charge on any atom is 0.250 e. The molecule has 1 aliphatic carbocycles. The number of likely N-dealkylation sites (N-methyl/N-ethyl adjacent to an activating group) is 1. The molecule has 3 aromatic rings. The van der Waals surface area contributed by atoms with E-state index in [4.69, 9.17) is 10.5 Å². The summed E-state index contributed by atoms with van der Waals surface area (Å²) in [5, 5.41) is 3.08. The quantitative estimate of drug-likeness (QED) is 0.365. The van der Waals surface area contributed by atoms with Crippen LogP contribution >= 0.6 is 0 Å². The minimum Gasteiger partial charge on any atom is -0.375 e. The molecule has 1 heterocycles. The van der Waals surface area contributed by atoms with Crippen molar-refractivity contribution in [1.29, 1.82) is 0 Å². The largest absolute Gasteiger partial charge is 0.375 e. The molecule has 0 radical (unpaired) electrons. The van der Waals surface area contributed by atoms with Crippen LogP contribution in [0.3, 0.4) is 0 Å². The van der Waals surface area contributed by atoms with Gasteiger partial charge in [0.05, 0.1) is 17.8 Å². The van der Waals surface area contributed by atoms with Crippen molar-refractivity contribution < 1.29 is 14.3 Å². The van der Waals surface area contributed by atoms with Crippen LogP contribution in [0.15, 0.2) is 72.8 Å². The van der Waals surface area contributed by atoms with Gasteiger partial charge in [-0.1, -0.05) is 54.6 Å². The lowest BCUT2D eigenvalue weighted by molar-refractivity contribution is -0.134. The molecule has 3 N–H and O–H groups in total. The Morgan fingerprint density at radius 2 is 1.58 bits per heavy atom. The van der Waals surface area contributed by atoms with Crippen molar-refractivity contribution in [3.05, 3.63) is 83.9 Å². The number of anilines is 2. The number of nitrogens with one attached hydrogen (secondary N) is 1. The maximum atomic E-state index is 13.7. The second-order valence-corrected chi connectivity index (χ2v) is 12.0. The number of ether oxygens (including phenoxy) is 1. The van der Waals surface area contributed by atoms with Crippen LogP contribution in [0.1, 0.15) is 36.8 Å². The number of piperazine rings is 1. The Bertz CT molecular complexity index is 1360. The molecule has 2 fully saturated rings. The van der Waals surface area contributed by atoms with E-state index < -0.39 is 0 Å². The Morgan fingerprint density at radius 3 is 2.30 bits per heavy atom. The number of benzene rings is 3. The minimum atomic E-state index is -0.177. The van der Waals surface area contributed by atoms with Crippen molar-refractivity contribution in [2.24, 2.45) is 5.73 Å². The summed E-state index contributed by atoms with van der Waals surface area (Å²) in [6, 6.07) is 25.1. The van der Waals surface area contributed by atoms with E-state index in [1.54, 1.807) is 0 Å². The standard InChI is InChI=1S/C35H45N5O3/c1-38-17-19-39(20-18-38)33-16-11-29(23-32(33)37-34(41)25-43-2)28-10-6-9-27(21-28)24-40(31-14-12-30(36)13-15-31)35(42)22-26-7-4-3-5-8-26/h3-11,16,21,23,30-31H,12-15,17-20,22,24-25,36H2,1-2H3,(H,37,41). The van der Waals surface area contributed by atoms with Gasteiger partial charge < -0.3 is 30.5 Å². The summed E-state index contributed by atoms with van der Waals surface area (Å²) in [4.78, 5) is 33.0. The summed E-state index contributed by atoms with van der Waals surface area (Å²) >= 11 is 0. The number of amides is 2. The van der Waals surface area contributed by atoms with Crippen LogP contribution in [0, 0.1) is 0 Å². The third kappa shape index (κ3) is 8.22. The SMILES string of the molecule is COCC(=O)Nc1cc(-c2cccc(CN(C(=O)Cc3ccccc3)C3CCC(N)CC3)c2)ccc1N1CCN(C)CC1. The van der Waals surface area contributed by atoms with Gasteiger partial charge in [0.25, 0.3) is 0 Å². The number of carbonyl (C=O) groups excluding carboxylic acids is 2. The van der Waals surface area contributed by atoms with E-state index in [-0.39, 0.29) is 30.5 Å². The fraction of sp³-hybridized carbons (Fsp3) is 0.429. The predicted molar refractivity (Wildman–Crippen MR) is 173 cm³/mol. The second-order valence-electron chi connectivity index (χ2n) is 12.0. The van der Waals surface area contributed by atoms with E-state index in [2.05, 4.69) is 69.5 Å². The van der Waals surface area contributed by atoms with E-state index in [9.17, 15) is 9.59 Å². The molecule has 1 aliphatic heterocycles. The molecule has 0 unspecified atom stereocenters. The van der Waals surface area contributed by atoms with Gasteiger partial charge in [-0.05, 0) is 73.2 Å². The third-order valence-corrected chi connectivity index (χ3v) is 8.70. The zero-order valence-electron chi connectivity index (χ0n) is 25.5. The topological polar surface area (TPSA) is 91.1 Å². The molecule has 3 aromatic carbocycles.